The van der Waals surface area contributed by atoms with Gasteiger partial charge in [-0.2, -0.15) is 0 Å². The minimum Gasteiger partial charge on any atom is -0.224 e. The van der Waals surface area contributed by atoms with Crippen molar-refractivity contribution in [3.63, 3.8) is 0 Å². The van der Waals surface area contributed by atoms with Gasteiger partial charge in [-0.1, -0.05) is 11.8 Å². The standard InChI is InChI=1S/C11H16O2S/c1-7-2-9-4-8(1)5-10(3-7)11(9)13-12-6-14-11/h7-10H,1-6H2. The van der Waals surface area contributed by atoms with Gasteiger partial charge in [-0.15, -0.1) is 0 Å². The van der Waals surface area contributed by atoms with Gasteiger partial charge in [-0.3, -0.25) is 0 Å². The van der Waals surface area contributed by atoms with Crippen molar-refractivity contribution < 1.29 is 9.78 Å². The molecule has 1 spiro atoms. The molecule has 0 atom stereocenters. The van der Waals surface area contributed by atoms with Gasteiger partial charge in [0.15, 0.2) is 4.93 Å². The van der Waals surface area contributed by atoms with Crippen molar-refractivity contribution in [2.24, 2.45) is 23.7 Å². The van der Waals surface area contributed by atoms with Crippen LogP contribution in [0.1, 0.15) is 32.1 Å². The molecular weight excluding hydrogens is 196 g/mol. The maximum Gasteiger partial charge on any atom is 0.157 e. The summed E-state index contributed by atoms with van der Waals surface area (Å²) in [5, 5.41) is 0. The van der Waals surface area contributed by atoms with Crippen LogP contribution in [0.3, 0.4) is 0 Å². The molecule has 0 aromatic heterocycles. The Balaban J connectivity index is 1.73. The molecule has 4 bridgehead atoms. The second-order valence-electron chi connectivity index (χ2n) is 5.49. The Morgan fingerprint density at radius 3 is 2.07 bits per heavy atom. The highest BCUT2D eigenvalue weighted by atomic mass is 32.2. The summed E-state index contributed by atoms with van der Waals surface area (Å²) in [5.74, 6) is 4.39. The molecule has 0 amide bonds. The molecule has 1 saturated heterocycles. The zero-order valence-corrected chi connectivity index (χ0v) is 9.09. The van der Waals surface area contributed by atoms with Crippen LogP contribution >= 0.6 is 11.8 Å². The van der Waals surface area contributed by atoms with E-state index in [0.29, 0.717) is 0 Å². The molecule has 0 radical (unpaired) electrons. The molecule has 4 saturated carbocycles. The van der Waals surface area contributed by atoms with Crippen molar-refractivity contribution >= 4 is 11.8 Å². The van der Waals surface area contributed by atoms with Crippen LogP contribution in [0.4, 0.5) is 0 Å². The summed E-state index contributed by atoms with van der Waals surface area (Å²) < 4.78 is 0. The predicted octanol–water partition coefficient (Wildman–Crippen LogP) is 2.79. The normalized spacial score (nSPS) is 60.0. The van der Waals surface area contributed by atoms with Crippen LogP contribution in [0, 0.1) is 23.7 Å². The monoisotopic (exact) mass is 212 g/mol. The zero-order chi connectivity index (χ0) is 9.17. The first-order chi connectivity index (χ1) is 6.87. The fraction of sp³-hybridized carbons (Fsp3) is 1.00. The molecule has 2 nitrogen and oxygen atoms in total. The minimum absolute atomic E-state index is 0.0907. The maximum atomic E-state index is 5.68. The van der Waals surface area contributed by atoms with E-state index in [4.69, 9.17) is 9.78 Å². The highest BCUT2D eigenvalue weighted by Gasteiger charge is 2.61. The van der Waals surface area contributed by atoms with Gasteiger partial charge in [0.25, 0.3) is 0 Å². The van der Waals surface area contributed by atoms with Crippen molar-refractivity contribution in [3.8, 4) is 0 Å². The van der Waals surface area contributed by atoms with Crippen LogP contribution in [0.15, 0.2) is 0 Å². The van der Waals surface area contributed by atoms with E-state index in [2.05, 4.69) is 0 Å². The second kappa shape index (κ2) is 2.69. The lowest BCUT2D eigenvalue weighted by Gasteiger charge is -2.57. The Morgan fingerprint density at radius 2 is 1.57 bits per heavy atom. The van der Waals surface area contributed by atoms with E-state index in [1.807, 2.05) is 11.8 Å². The maximum absolute atomic E-state index is 5.68. The Morgan fingerprint density at radius 1 is 0.929 bits per heavy atom. The molecule has 4 aliphatic carbocycles. The molecule has 0 unspecified atom stereocenters. The molecule has 5 aliphatic rings. The van der Waals surface area contributed by atoms with Crippen LogP contribution < -0.4 is 0 Å². The molecule has 14 heavy (non-hydrogen) atoms. The van der Waals surface area contributed by atoms with Gasteiger partial charge in [-0.05, 0) is 43.9 Å². The third kappa shape index (κ3) is 0.915. The largest absolute Gasteiger partial charge is 0.224 e. The second-order valence-corrected chi connectivity index (χ2v) is 6.65. The third-order valence-electron chi connectivity index (χ3n) is 4.80. The Hall–Kier alpha value is 0.270. The minimum atomic E-state index is 0.0907. The third-order valence-corrected chi connectivity index (χ3v) is 6.20. The summed E-state index contributed by atoms with van der Waals surface area (Å²) in [7, 11) is 0. The molecule has 0 aromatic carbocycles. The Labute approximate surface area is 88.6 Å². The quantitative estimate of drug-likeness (QED) is 0.575. The van der Waals surface area contributed by atoms with Crippen molar-refractivity contribution in [2.45, 2.75) is 37.0 Å². The average molecular weight is 212 g/mol. The number of rotatable bonds is 0. The topological polar surface area (TPSA) is 18.5 Å². The highest BCUT2D eigenvalue weighted by molar-refractivity contribution is 8.00. The van der Waals surface area contributed by atoms with E-state index < -0.39 is 0 Å². The van der Waals surface area contributed by atoms with Gasteiger partial charge in [-0.25, -0.2) is 9.78 Å². The fourth-order valence-electron chi connectivity index (χ4n) is 4.47. The van der Waals surface area contributed by atoms with Crippen molar-refractivity contribution in [1.82, 2.24) is 0 Å². The molecule has 1 heterocycles. The summed E-state index contributed by atoms with van der Waals surface area (Å²) in [4.78, 5) is 11.0. The lowest BCUT2D eigenvalue weighted by atomic mass is 9.54. The van der Waals surface area contributed by atoms with Gasteiger partial charge >= 0.3 is 0 Å². The molecule has 0 N–H and O–H groups in total. The first-order valence-corrected chi connectivity index (χ1v) is 6.80. The van der Waals surface area contributed by atoms with E-state index in [1.165, 1.54) is 32.1 Å². The van der Waals surface area contributed by atoms with Crippen LogP contribution in [-0.4, -0.2) is 10.9 Å². The average Bonchev–Trinajstić information content (AvgIpc) is 2.63. The lowest BCUT2D eigenvalue weighted by Crippen LogP contribution is -2.55. The van der Waals surface area contributed by atoms with Crippen LogP contribution in [0.2, 0.25) is 0 Å². The Bertz CT molecular complexity index is 230. The number of hydrogen-bond acceptors (Lipinski definition) is 3. The molecule has 1 aliphatic heterocycles. The summed E-state index contributed by atoms with van der Waals surface area (Å²) in [6, 6.07) is 0. The van der Waals surface area contributed by atoms with Crippen molar-refractivity contribution in [3.05, 3.63) is 0 Å². The number of thioether (sulfide) groups is 1. The fourth-order valence-corrected chi connectivity index (χ4v) is 5.70. The lowest BCUT2D eigenvalue weighted by molar-refractivity contribution is -0.346. The van der Waals surface area contributed by atoms with E-state index in [9.17, 15) is 0 Å². The summed E-state index contributed by atoms with van der Waals surface area (Å²) >= 11 is 1.94. The molecule has 5 rings (SSSR count). The van der Waals surface area contributed by atoms with Gasteiger partial charge in [0, 0.05) is 11.8 Å². The summed E-state index contributed by atoms with van der Waals surface area (Å²) in [6.45, 7) is 0. The SMILES string of the molecule is C1OOC2(S1)C1CC3CC(C1)CC2C3. The van der Waals surface area contributed by atoms with E-state index in [0.717, 1.165) is 29.6 Å². The smallest absolute Gasteiger partial charge is 0.157 e. The van der Waals surface area contributed by atoms with Gasteiger partial charge in [0.1, 0.15) is 5.94 Å². The summed E-state index contributed by atoms with van der Waals surface area (Å²) in [6.07, 6.45) is 7.13. The van der Waals surface area contributed by atoms with Crippen molar-refractivity contribution in [2.75, 3.05) is 5.94 Å². The highest BCUT2D eigenvalue weighted by Crippen LogP contribution is 2.64. The van der Waals surface area contributed by atoms with E-state index >= 15 is 0 Å². The molecule has 3 heteroatoms. The van der Waals surface area contributed by atoms with E-state index in [1.54, 1.807) is 0 Å². The Kier molecular flexibility index (Phi) is 1.62. The number of hydrogen-bond donors (Lipinski definition) is 0. The first kappa shape index (κ1) is 8.43. The van der Waals surface area contributed by atoms with Gasteiger partial charge < -0.3 is 0 Å². The summed E-state index contributed by atoms with van der Waals surface area (Å²) in [5.41, 5.74) is 0. The molecule has 78 valence electrons. The van der Waals surface area contributed by atoms with Crippen LogP contribution in [-0.2, 0) is 9.78 Å². The molecule has 0 aromatic rings. The van der Waals surface area contributed by atoms with Crippen LogP contribution in [0.5, 0.6) is 0 Å². The van der Waals surface area contributed by atoms with Gasteiger partial charge in [0.2, 0.25) is 0 Å². The van der Waals surface area contributed by atoms with Gasteiger partial charge in [0.05, 0.1) is 0 Å². The van der Waals surface area contributed by atoms with E-state index in [-0.39, 0.29) is 4.93 Å². The first-order valence-electron chi connectivity index (χ1n) is 5.81. The van der Waals surface area contributed by atoms with Crippen LogP contribution in [0.25, 0.3) is 0 Å². The predicted molar refractivity (Wildman–Crippen MR) is 54.4 cm³/mol. The van der Waals surface area contributed by atoms with Crippen molar-refractivity contribution in [1.29, 1.82) is 0 Å². The molecule has 5 fully saturated rings. The molecular formula is C11H16O2S. The zero-order valence-electron chi connectivity index (χ0n) is 8.28.